The molecule has 1 aromatic rings. The number of carbonyl (C=O) groups is 1. The number of ether oxygens (including phenoxy) is 2. The second kappa shape index (κ2) is 9.48. The number of nitrogens with one attached hydrogen (secondary N) is 2. The van der Waals surface area contributed by atoms with Gasteiger partial charge in [-0.1, -0.05) is 18.2 Å². The molecule has 0 saturated carbocycles. The molecule has 7 heteroatoms. The van der Waals surface area contributed by atoms with Gasteiger partial charge in [-0.3, -0.25) is 4.99 Å². The van der Waals surface area contributed by atoms with Gasteiger partial charge in [0.25, 0.3) is 0 Å². The first-order valence-electron chi connectivity index (χ1n) is 9.43. The van der Waals surface area contributed by atoms with Crippen molar-refractivity contribution in [3.63, 3.8) is 0 Å². The van der Waals surface area contributed by atoms with Crippen molar-refractivity contribution in [2.45, 2.75) is 51.9 Å². The van der Waals surface area contributed by atoms with E-state index in [1.54, 1.807) is 7.05 Å². The number of rotatable bonds is 5. The van der Waals surface area contributed by atoms with Gasteiger partial charge in [-0.05, 0) is 46.2 Å². The minimum Gasteiger partial charge on any atom is -0.489 e. The van der Waals surface area contributed by atoms with Crippen molar-refractivity contribution in [1.29, 1.82) is 0 Å². The maximum atomic E-state index is 11.9. The van der Waals surface area contributed by atoms with Crippen molar-refractivity contribution in [2.75, 3.05) is 26.7 Å². The van der Waals surface area contributed by atoms with Crippen LogP contribution in [-0.4, -0.2) is 61.4 Å². The molecule has 1 aliphatic heterocycles. The van der Waals surface area contributed by atoms with E-state index in [0.29, 0.717) is 13.1 Å². The Morgan fingerprint density at radius 3 is 2.67 bits per heavy atom. The predicted octanol–water partition coefficient (Wildman–Crippen LogP) is 2.63. The van der Waals surface area contributed by atoms with Crippen LogP contribution < -0.4 is 15.4 Å². The molecule has 0 aliphatic carbocycles. The van der Waals surface area contributed by atoms with Gasteiger partial charge in [-0.2, -0.15) is 0 Å². The highest BCUT2D eigenvalue weighted by molar-refractivity contribution is 5.80. The van der Waals surface area contributed by atoms with Crippen LogP contribution in [0.1, 0.15) is 34.1 Å². The summed E-state index contributed by atoms with van der Waals surface area (Å²) in [6.07, 6.45) is 0.486. The number of para-hydroxylation sites is 1. The van der Waals surface area contributed by atoms with Crippen LogP contribution in [0.25, 0.3) is 0 Å². The molecule has 2 unspecified atom stereocenters. The third-order valence-electron chi connectivity index (χ3n) is 4.05. The second-order valence-corrected chi connectivity index (χ2v) is 7.75. The van der Waals surface area contributed by atoms with E-state index in [0.717, 1.165) is 24.7 Å². The third kappa shape index (κ3) is 7.37. The summed E-state index contributed by atoms with van der Waals surface area (Å²) < 4.78 is 11.2. The van der Waals surface area contributed by atoms with Crippen LogP contribution in [0.2, 0.25) is 0 Å². The zero-order chi connectivity index (χ0) is 19.9. The summed E-state index contributed by atoms with van der Waals surface area (Å²) in [7, 11) is 1.76. The Morgan fingerprint density at radius 1 is 1.33 bits per heavy atom. The van der Waals surface area contributed by atoms with Crippen LogP contribution in [0.5, 0.6) is 5.75 Å². The average molecular weight is 377 g/mol. The summed E-state index contributed by atoms with van der Waals surface area (Å²) in [5, 5.41) is 6.28. The fourth-order valence-corrected chi connectivity index (χ4v) is 2.89. The van der Waals surface area contributed by atoms with E-state index >= 15 is 0 Å². The quantitative estimate of drug-likeness (QED) is 0.610. The number of aliphatic imine (C=N–C) groups is 1. The number of benzene rings is 1. The first kappa shape index (κ1) is 20.9. The Kier molecular flexibility index (Phi) is 7.33. The summed E-state index contributed by atoms with van der Waals surface area (Å²) in [5.74, 6) is 1.66. The molecule has 1 fully saturated rings. The van der Waals surface area contributed by atoms with Gasteiger partial charge in [0.2, 0.25) is 0 Å². The van der Waals surface area contributed by atoms with E-state index in [1.807, 2.05) is 58.0 Å². The minimum absolute atomic E-state index is 0.00226. The van der Waals surface area contributed by atoms with E-state index in [2.05, 4.69) is 20.5 Å². The number of likely N-dealkylation sites (tertiary alicyclic amines) is 1. The largest absolute Gasteiger partial charge is 0.489 e. The standard InChI is InChI=1S/C20H32N4O3/c1-15(26-17-9-7-6-8-10-17)13-22-18(21-5)24-12-11-16(14-24)23-19(25)27-20(2,3)4/h6-10,15-16H,11-14H2,1-5H3,(H,21,22)(H,23,25). The first-order valence-corrected chi connectivity index (χ1v) is 9.43. The van der Waals surface area contributed by atoms with Crippen LogP contribution in [0.4, 0.5) is 4.79 Å². The van der Waals surface area contributed by atoms with Gasteiger partial charge in [0, 0.05) is 20.1 Å². The summed E-state index contributed by atoms with van der Waals surface area (Å²) in [5.41, 5.74) is -0.491. The maximum Gasteiger partial charge on any atom is 0.407 e. The number of amides is 1. The molecule has 0 spiro atoms. The van der Waals surface area contributed by atoms with Crippen LogP contribution in [0, 0.1) is 0 Å². The van der Waals surface area contributed by atoms with E-state index in [9.17, 15) is 4.79 Å². The van der Waals surface area contributed by atoms with Gasteiger partial charge in [-0.25, -0.2) is 4.79 Å². The number of hydrogen-bond donors (Lipinski definition) is 2. The van der Waals surface area contributed by atoms with Crippen LogP contribution in [0.3, 0.4) is 0 Å². The SMILES string of the molecule is CN=C(NCC(C)Oc1ccccc1)N1CCC(NC(=O)OC(C)(C)C)C1. The molecule has 1 aliphatic rings. The van der Waals surface area contributed by atoms with E-state index in [1.165, 1.54) is 0 Å². The Labute approximate surface area is 162 Å². The van der Waals surface area contributed by atoms with Gasteiger partial charge >= 0.3 is 6.09 Å². The smallest absolute Gasteiger partial charge is 0.407 e. The molecular formula is C20H32N4O3. The Hall–Kier alpha value is -2.44. The Bertz CT molecular complexity index is 628. The molecule has 2 rings (SSSR count). The topological polar surface area (TPSA) is 75.2 Å². The predicted molar refractivity (Wildman–Crippen MR) is 107 cm³/mol. The lowest BCUT2D eigenvalue weighted by Crippen LogP contribution is -2.46. The van der Waals surface area contributed by atoms with Crippen molar-refractivity contribution in [2.24, 2.45) is 4.99 Å². The molecule has 1 saturated heterocycles. The first-order chi connectivity index (χ1) is 12.8. The molecule has 0 aromatic heterocycles. The van der Waals surface area contributed by atoms with Crippen molar-refractivity contribution in [3.05, 3.63) is 30.3 Å². The van der Waals surface area contributed by atoms with E-state index in [-0.39, 0.29) is 18.2 Å². The van der Waals surface area contributed by atoms with Crippen molar-refractivity contribution >= 4 is 12.1 Å². The van der Waals surface area contributed by atoms with Crippen molar-refractivity contribution in [1.82, 2.24) is 15.5 Å². The van der Waals surface area contributed by atoms with Gasteiger partial charge in [0.15, 0.2) is 5.96 Å². The Morgan fingerprint density at radius 2 is 2.04 bits per heavy atom. The lowest BCUT2D eigenvalue weighted by molar-refractivity contribution is 0.0507. The summed E-state index contributed by atoms with van der Waals surface area (Å²) in [4.78, 5) is 18.4. The molecule has 0 bridgehead atoms. The van der Waals surface area contributed by atoms with Gasteiger partial charge in [0.05, 0.1) is 12.6 Å². The molecule has 7 nitrogen and oxygen atoms in total. The lowest BCUT2D eigenvalue weighted by atomic mass is 10.2. The third-order valence-corrected chi connectivity index (χ3v) is 4.05. The zero-order valence-electron chi connectivity index (χ0n) is 17.0. The molecular weight excluding hydrogens is 344 g/mol. The fourth-order valence-electron chi connectivity index (χ4n) is 2.89. The monoisotopic (exact) mass is 376 g/mol. The van der Waals surface area contributed by atoms with Crippen molar-refractivity contribution in [3.8, 4) is 5.75 Å². The number of carbonyl (C=O) groups excluding carboxylic acids is 1. The Balaban J connectivity index is 1.76. The summed E-state index contributed by atoms with van der Waals surface area (Å²) >= 11 is 0. The van der Waals surface area contributed by atoms with Gasteiger partial charge in [0.1, 0.15) is 17.5 Å². The van der Waals surface area contributed by atoms with Crippen molar-refractivity contribution < 1.29 is 14.3 Å². The second-order valence-electron chi connectivity index (χ2n) is 7.75. The maximum absolute atomic E-state index is 11.9. The molecule has 1 amide bonds. The van der Waals surface area contributed by atoms with Crippen LogP contribution >= 0.6 is 0 Å². The molecule has 27 heavy (non-hydrogen) atoms. The van der Waals surface area contributed by atoms with Gasteiger partial charge in [-0.15, -0.1) is 0 Å². The van der Waals surface area contributed by atoms with E-state index in [4.69, 9.17) is 9.47 Å². The normalized spacial score (nSPS) is 18.8. The molecule has 2 N–H and O–H groups in total. The molecule has 1 heterocycles. The molecule has 150 valence electrons. The highest BCUT2D eigenvalue weighted by atomic mass is 16.6. The van der Waals surface area contributed by atoms with Crippen LogP contribution in [0.15, 0.2) is 35.3 Å². The highest BCUT2D eigenvalue weighted by Gasteiger charge is 2.28. The molecule has 1 aromatic carbocycles. The lowest BCUT2D eigenvalue weighted by Gasteiger charge is -2.24. The average Bonchev–Trinajstić information content (AvgIpc) is 3.02. The number of hydrogen-bond acceptors (Lipinski definition) is 4. The number of alkyl carbamates (subject to hydrolysis) is 1. The number of guanidine groups is 1. The number of nitrogens with zero attached hydrogens (tertiary/aromatic N) is 2. The molecule has 0 radical (unpaired) electrons. The minimum atomic E-state index is -0.491. The zero-order valence-corrected chi connectivity index (χ0v) is 17.0. The van der Waals surface area contributed by atoms with Crippen LogP contribution in [-0.2, 0) is 4.74 Å². The summed E-state index contributed by atoms with van der Waals surface area (Å²) in [6, 6.07) is 9.81. The fraction of sp³-hybridized carbons (Fsp3) is 0.600. The molecule has 2 atom stereocenters. The summed E-state index contributed by atoms with van der Waals surface area (Å²) in [6.45, 7) is 9.77. The highest BCUT2D eigenvalue weighted by Crippen LogP contribution is 2.13. The van der Waals surface area contributed by atoms with E-state index < -0.39 is 5.60 Å². The van der Waals surface area contributed by atoms with Gasteiger partial charge < -0.3 is 25.0 Å².